The monoisotopic (exact) mass is 414 g/mol. The number of para-hydroxylation sites is 2. The van der Waals surface area contributed by atoms with Crippen molar-refractivity contribution in [2.45, 2.75) is 0 Å². The average Bonchev–Trinajstić information content (AvgIpc) is 2.73. The number of fused-ring (bicyclic) bond motifs is 1. The molecule has 0 radical (unpaired) electrons. The number of likely N-dealkylation sites (N-methyl/N-ethyl adjacent to an activating group) is 1. The van der Waals surface area contributed by atoms with Gasteiger partial charge in [-0.1, -0.05) is 41.9 Å². The van der Waals surface area contributed by atoms with Gasteiger partial charge in [0.25, 0.3) is 5.91 Å². The van der Waals surface area contributed by atoms with Crippen molar-refractivity contribution in [1.29, 1.82) is 0 Å². The maximum absolute atomic E-state index is 12.2. The molecule has 1 N–H and O–H groups in total. The van der Waals surface area contributed by atoms with Gasteiger partial charge in [0.15, 0.2) is 6.61 Å². The summed E-state index contributed by atoms with van der Waals surface area (Å²) in [5.74, 6) is -0.878. The van der Waals surface area contributed by atoms with E-state index in [4.69, 9.17) is 21.1 Å². The molecule has 3 rings (SSSR count). The van der Waals surface area contributed by atoms with Crippen molar-refractivity contribution in [2.24, 2.45) is 0 Å². The lowest BCUT2D eigenvalue weighted by molar-refractivity contribution is -0.149. The van der Waals surface area contributed by atoms with Gasteiger partial charge in [0.05, 0.1) is 22.8 Å². The summed E-state index contributed by atoms with van der Waals surface area (Å²) in [4.78, 5) is 37.6. The normalized spacial score (nSPS) is 12.1. The van der Waals surface area contributed by atoms with Crippen LogP contribution in [0, 0.1) is 0 Å². The van der Waals surface area contributed by atoms with Crippen molar-refractivity contribution < 1.29 is 23.9 Å². The number of esters is 1. The second-order valence-electron chi connectivity index (χ2n) is 6.35. The molecule has 7 nitrogen and oxygen atoms in total. The Morgan fingerprint density at radius 1 is 1.14 bits per heavy atom. The minimum Gasteiger partial charge on any atom is -0.488 e. The number of benzene rings is 2. The number of ether oxygens (including phenoxy) is 2. The summed E-state index contributed by atoms with van der Waals surface area (Å²) in [7, 11) is 1.45. The highest BCUT2D eigenvalue weighted by atomic mass is 35.5. The highest BCUT2D eigenvalue weighted by Gasteiger charge is 2.21. The number of hydrogen-bond donors (Lipinski definition) is 1. The molecule has 1 aliphatic rings. The molecule has 0 atom stereocenters. The van der Waals surface area contributed by atoms with E-state index < -0.39 is 24.4 Å². The smallest absolute Gasteiger partial charge is 0.338 e. The minimum absolute atomic E-state index is 0.0696. The SMILES string of the molecule is CN(CC(=O)Nc1ccccc1Cl)C(=O)COC(=O)C1=Cc2ccccc2OC1. The molecular formula is C21H19ClN2O5. The van der Waals surface area contributed by atoms with Crippen molar-refractivity contribution in [3.63, 3.8) is 0 Å². The van der Waals surface area contributed by atoms with Gasteiger partial charge < -0.3 is 19.7 Å². The molecule has 1 heterocycles. The Bertz CT molecular complexity index is 973. The van der Waals surface area contributed by atoms with Gasteiger partial charge in [0.1, 0.15) is 12.4 Å². The Morgan fingerprint density at radius 2 is 1.86 bits per heavy atom. The van der Waals surface area contributed by atoms with E-state index in [0.717, 1.165) is 5.56 Å². The van der Waals surface area contributed by atoms with E-state index in [1.807, 2.05) is 18.2 Å². The fourth-order valence-electron chi connectivity index (χ4n) is 2.62. The summed E-state index contributed by atoms with van der Waals surface area (Å²) in [5, 5.41) is 3.02. The van der Waals surface area contributed by atoms with Gasteiger partial charge in [-0.15, -0.1) is 0 Å². The van der Waals surface area contributed by atoms with E-state index >= 15 is 0 Å². The van der Waals surface area contributed by atoms with Gasteiger partial charge in [-0.25, -0.2) is 4.79 Å². The van der Waals surface area contributed by atoms with Crippen molar-refractivity contribution in [3.05, 3.63) is 64.7 Å². The zero-order valence-corrected chi connectivity index (χ0v) is 16.4. The summed E-state index contributed by atoms with van der Waals surface area (Å²) >= 11 is 5.99. The van der Waals surface area contributed by atoms with Crippen LogP contribution >= 0.6 is 11.6 Å². The van der Waals surface area contributed by atoms with Crippen LogP contribution in [0.3, 0.4) is 0 Å². The fraction of sp³-hybridized carbons (Fsp3) is 0.190. The number of amides is 2. The quantitative estimate of drug-likeness (QED) is 0.735. The largest absolute Gasteiger partial charge is 0.488 e. The minimum atomic E-state index is -0.637. The van der Waals surface area contributed by atoms with E-state index in [9.17, 15) is 14.4 Å². The molecule has 0 spiro atoms. The van der Waals surface area contributed by atoms with Crippen molar-refractivity contribution >= 4 is 41.1 Å². The number of halogens is 1. The summed E-state index contributed by atoms with van der Waals surface area (Å²) in [5.41, 5.74) is 1.54. The second kappa shape index (κ2) is 9.25. The van der Waals surface area contributed by atoms with Crippen molar-refractivity contribution in [1.82, 2.24) is 4.90 Å². The molecule has 8 heteroatoms. The highest BCUT2D eigenvalue weighted by Crippen LogP contribution is 2.26. The van der Waals surface area contributed by atoms with Crippen LogP contribution in [0.4, 0.5) is 5.69 Å². The third-order valence-electron chi connectivity index (χ3n) is 4.18. The molecule has 150 valence electrons. The van der Waals surface area contributed by atoms with Crippen molar-refractivity contribution in [2.75, 3.05) is 32.1 Å². The Morgan fingerprint density at radius 3 is 2.66 bits per heavy atom. The Labute approximate surface area is 172 Å². The zero-order chi connectivity index (χ0) is 20.8. The molecule has 0 fully saturated rings. The summed E-state index contributed by atoms with van der Waals surface area (Å²) in [6.45, 7) is -0.616. The van der Waals surface area contributed by atoms with Gasteiger partial charge in [-0.05, 0) is 24.3 Å². The first-order chi connectivity index (χ1) is 13.9. The lowest BCUT2D eigenvalue weighted by Crippen LogP contribution is -2.37. The molecule has 2 aromatic rings. The number of hydrogen-bond acceptors (Lipinski definition) is 5. The molecule has 2 amide bonds. The molecular weight excluding hydrogens is 396 g/mol. The van der Waals surface area contributed by atoms with Crippen LogP contribution in [0.1, 0.15) is 5.56 Å². The molecule has 0 saturated heterocycles. The molecule has 0 aliphatic carbocycles. The van der Waals surface area contributed by atoms with Gasteiger partial charge in [0.2, 0.25) is 5.91 Å². The van der Waals surface area contributed by atoms with Crippen LogP contribution < -0.4 is 10.1 Å². The van der Waals surface area contributed by atoms with Gasteiger partial charge >= 0.3 is 5.97 Å². The summed E-state index contributed by atoms with van der Waals surface area (Å²) in [6.07, 6.45) is 1.67. The zero-order valence-electron chi connectivity index (χ0n) is 15.7. The fourth-order valence-corrected chi connectivity index (χ4v) is 2.80. The highest BCUT2D eigenvalue weighted by molar-refractivity contribution is 6.33. The lowest BCUT2D eigenvalue weighted by Gasteiger charge is -2.19. The lowest BCUT2D eigenvalue weighted by atomic mass is 10.1. The maximum Gasteiger partial charge on any atom is 0.338 e. The molecule has 0 aromatic heterocycles. The first-order valence-electron chi connectivity index (χ1n) is 8.82. The van der Waals surface area contributed by atoms with Crippen molar-refractivity contribution in [3.8, 4) is 5.75 Å². The first-order valence-corrected chi connectivity index (χ1v) is 9.19. The molecule has 2 aromatic carbocycles. The van der Waals surface area contributed by atoms with Gasteiger partial charge in [-0.3, -0.25) is 9.59 Å². The third-order valence-corrected chi connectivity index (χ3v) is 4.50. The van der Waals surface area contributed by atoms with Crippen LogP contribution in [-0.2, 0) is 19.1 Å². The first kappa shape index (κ1) is 20.4. The Kier molecular flexibility index (Phi) is 6.51. The number of carbonyl (C=O) groups is 3. The van der Waals surface area contributed by atoms with E-state index in [2.05, 4.69) is 5.32 Å². The van der Waals surface area contributed by atoms with Crippen LogP contribution in [0.5, 0.6) is 5.75 Å². The number of nitrogens with zero attached hydrogens (tertiary/aromatic N) is 1. The number of carbonyl (C=O) groups excluding carboxylic acids is 3. The molecule has 0 unspecified atom stereocenters. The average molecular weight is 415 g/mol. The van der Waals surface area contributed by atoms with E-state index in [1.54, 1.807) is 36.4 Å². The maximum atomic E-state index is 12.2. The van der Waals surface area contributed by atoms with Gasteiger partial charge in [-0.2, -0.15) is 0 Å². The van der Waals surface area contributed by atoms with E-state index in [0.29, 0.717) is 22.0 Å². The van der Waals surface area contributed by atoms with E-state index in [-0.39, 0.29) is 13.2 Å². The molecule has 0 saturated carbocycles. The van der Waals surface area contributed by atoms with Crippen LogP contribution in [0.25, 0.3) is 6.08 Å². The molecule has 0 bridgehead atoms. The van der Waals surface area contributed by atoms with E-state index in [1.165, 1.54) is 11.9 Å². The van der Waals surface area contributed by atoms with Crippen LogP contribution in [-0.4, -0.2) is 49.5 Å². The number of rotatable bonds is 6. The van der Waals surface area contributed by atoms with Gasteiger partial charge in [0, 0.05) is 12.6 Å². The van der Waals surface area contributed by atoms with Crippen LogP contribution in [0.15, 0.2) is 54.1 Å². The predicted octanol–water partition coefficient (Wildman–Crippen LogP) is 2.76. The molecule has 1 aliphatic heterocycles. The summed E-state index contributed by atoms with van der Waals surface area (Å²) < 4.78 is 10.6. The topological polar surface area (TPSA) is 84.9 Å². The standard InChI is InChI=1S/C21H19ClN2O5/c1-24(11-19(25)23-17-8-4-3-7-16(17)22)20(26)13-29-21(27)15-10-14-6-2-5-9-18(14)28-12-15/h2-10H,11-13H2,1H3,(H,23,25). The third kappa shape index (κ3) is 5.36. The van der Waals surface area contributed by atoms with Crippen LogP contribution in [0.2, 0.25) is 5.02 Å². The Hall–Kier alpha value is -3.32. The molecule has 29 heavy (non-hydrogen) atoms. The predicted molar refractivity (Wildman–Crippen MR) is 109 cm³/mol. The number of anilines is 1. The second-order valence-corrected chi connectivity index (χ2v) is 6.76. The summed E-state index contributed by atoms with van der Waals surface area (Å²) in [6, 6.07) is 14.1. The number of nitrogens with one attached hydrogen (secondary N) is 1. The Balaban J connectivity index is 1.49.